The number of nitrogens with zero attached hydrogens (tertiary/aromatic N) is 2. The van der Waals surface area contributed by atoms with Crippen LogP contribution >= 0.6 is 0 Å². The van der Waals surface area contributed by atoms with E-state index in [1.807, 2.05) is 24.3 Å². The summed E-state index contributed by atoms with van der Waals surface area (Å²) >= 11 is 0. The van der Waals surface area contributed by atoms with Gasteiger partial charge >= 0.3 is 5.97 Å². The summed E-state index contributed by atoms with van der Waals surface area (Å²) in [5, 5.41) is 13.6. The minimum atomic E-state index is -1.48. The van der Waals surface area contributed by atoms with Gasteiger partial charge in [0.15, 0.2) is 0 Å². The molecule has 0 spiro atoms. The van der Waals surface area contributed by atoms with Gasteiger partial charge in [-0.1, -0.05) is 24.3 Å². The molecule has 3 rings (SSSR count). The molecule has 96 valence electrons. The summed E-state index contributed by atoms with van der Waals surface area (Å²) in [4.78, 5) is 34.5. The van der Waals surface area contributed by atoms with Crippen molar-refractivity contribution in [2.45, 2.75) is 6.04 Å². The first-order valence-corrected chi connectivity index (χ1v) is 5.71. The molecule has 1 aromatic rings. The largest absolute Gasteiger partial charge is 0.479 e. The summed E-state index contributed by atoms with van der Waals surface area (Å²) < 4.78 is 0. The molecule has 0 aromatic heterocycles. The lowest BCUT2D eigenvalue weighted by molar-refractivity contribution is -0.160. The average Bonchev–Trinajstić information content (AvgIpc) is 2.37. The highest BCUT2D eigenvalue weighted by Gasteiger charge is 2.43. The third-order valence-corrected chi connectivity index (χ3v) is 3.18. The van der Waals surface area contributed by atoms with Crippen LogP contribution in [-0.2, 0) is 14.4 Å². The number of aliphatic carboxylic acids is 1. The quantitative estimate of drug-likeness (QED) is 0.478. The average molecular weight is 258 g/mol. The summed E-state index contributed by atoms with van der Waals surface area (Å²) in [6.07, 6.45) is 3.26. The molecule has 1 unspecified atom stereocenters. The Hall–Kier alpha value is -2.63. The van der Waals surface area contributed by atoms with Gasteiger partial charge in [0.2, 0.25) is 17.6 Å². The number of hydrogen-bond donors (Lipinski definition) is 1. The van der Waals surface area contributed by atoms with E-state index < -0.39 is 23.6 Å². The Labute approximate surface area is 107 Å². The third-order valence-electron chi connectivity index (χ3n) is 3.18. The van der Waals surface area contributed by atoms with Gasteiger partial charge in [-0.3, -0.25) is 19.6 Å². The second-order valence-corrected chi connectivity index (χ2v) is 4.39. The van der Waals surface area contributed by atoms with E-state index >= 15 is 0 Å². The zero-order chi connectivity index (χ0) is 13.6. The van der Waals surface area contributed by atoms with E-state index in [4.69, 9.17) is 5.11 Å². The zero-order valence-electron chi connectivity index (χ0n) is 9.81. The van der Waals surface area contributed by atoms with Crippen LogP contribution < -0.4 is 10.4 Å². The lowest BCUT2D eigenvalue weighted by atomic mass is 10.0. The fourth-order valence-electron chi connectivity index (χ4n) is 2.26. The van der Waals surface area contributed by atoms with Gasteiger partial charge in [0.1, 0.15) is 6.54 Å². The van der Waals surface area contributed by atoms with Crippen molar-refractivity contribution >= 4 is 29.9 Å². The highest BCUT2D eigenvalue weighted by molar-refractivity contribution is 6.44. The molecule has 0 amide bonds. The highest BCUT2D eigenvalue weighted by atomic mass is 16.4. The van der Waals surface area contributed by atoms with E-state index in [1.54, 1.807) is 12.4 Å². The Morgan fingerprint density at radius 2 is 1.79 bits per heavy atom. The molecule has 1 atom stereocenters. The Bertz CT molecular complexity index is 710. The predicted octanol–water partition coefficient (Wildman–Crippen LogP) is -1.70. The van der Waals surface area contributed by atoms with Crippen LogP contribution in [0.1, 0.15) is 0 Å². The molecule has 6 nitrogen and oxygen atoms in total. The van der Waals surface area contributed by atoms with Crippen molar-refractivity contribution in [1.82, 2.24) is 10.0 Å². The Kier molecular flexibility index (Phi) is 2.38. The van der Waals surface area contributed by atoms with Gasteiger partial charge in [0.25, 0.3) is 0 Å². The summed E-state index contributed by atoms with van der Waals surface area (Å²) in [5.41, 5.74) is 0. The van der Waals surface area contributed by atoms with Crippen molar-refractivity contribution in [3.05, 3.63) is 34.7 Å². The van der Waals surface area contributed by atoms with Gasteiger partial charge in [-0.05, 0) is 0 Å². The molecule has 2 aliphatic rings. The molecule has 6 heteroatoms. The van der Waals surface area contributed by atoms with Gasteiger partial charge in [0.05, 0.1) is 0 Å². The molecule has 0 saturated carbocycles. The minimum Gasteiger partial charge on any atom is -0.479 e. The molecule has 19 heavy (non-hydrogen) atoms. The minimum absolute atomic E-state index is 0.132. The van der Waals surface area contributed by atoms with Gasteiger partial charge in [-0.25, -0.2) is 4.79 Å². The fraction of sp³-hybridized carbons (Fsp3) is 0.154. The number of carbonyl (C=O) groups excluding carboxylic acids is 2. The maximum atomic E-state index is 11.7. The first kappa shape index (κ1) is 11.5. The predicted molar refractivity (Wildman–Crippen MR) is 64.6 cm³/mol. The summed E-state index contributed by atoms with van der Waals surface area (Å²) in [6.45, 7) is -0.132. The maximum Gasteiger partial charge on any atom is 0.336 e. The zero-order valence-corrected chi connectivity index (χ0v) is 9.81. The molecule has 0 bridgehead atoms. The number of rotatable bonds is 1. The van der Waals surface area contributed by atoms with Crippen LogP contribution in [0.25, 0.3) is 12.4 Å². The molecule has 2 heterocycles. The Morgan fingerprint density at radius 1 is 1.16 bits per heavy atom. The summed E-state index contributed by atoms with van der Waals surface area (Å²) in [6, 6.07) is 5.88. The van der Waals surface area contributed by atoms with Crippen LogP contribution in [0.2, 0.25) is 0 Å². The topological polar surface area (TPSA) is 77.9 Å². The molecule has 2 aliphatic heterocycles. The lowest BCUT2D eigenvalue weighted by Gasteiger charge is -2.40. The summed E-state index contributed by atoms with van der Waals surface area (Å²) in [7, 11) is 0. The SMILES string of the molecule is O=C1CN2C=c3ccccc3=CN2C(C(=O)O)C1=O. The number of carboxylic acids is 1. The Morgan fingerprint density at radius 3 is 2.42 bits per heavy atom. The number of Topliss-reactive ketones (excluding diaryl/α,β-unsaturated/α-hetero) is 2. The molecule has 1 fully saturated rings. The third kappa shape index (κ3) is 1.69. The Balaban J connectivity index is 2.17. The lowest BCUT2D eigenvalue weighted by Crippen LogP contribution is -2.62. The molecule has 1 aromatic carbocycles. The van der Waals surface area contributed by atoms with Gasteiger partial charge in [-0.2, -0.15) is 0 Å². The number of carboxylic acid groups (broad SMARTS) is 1. The van der Waals surface area contributed by atoms with Gasteiger partial charge in [-0.15, -0.1) is 0 Å². The number of carbonyl (C=O) groups is 3. The van der Waals surface area contributed by atoms with E-state index in [1.165, 1.54) is 10.0 Å². The molecule has 0 aliphatic carbocycles. The van der Waals surface area contributed by atoms with Crippen molar-refractivity contribution in [3.63, 3.8) is 0 Å². The summed E-state index contributed by atoms with van der Waals surface area (Å²) in [5.74, 6) is -2.90. The van der Waals surface area contributed by atoms with Crippen molar-refractivity contribution in [1.29, 1.82) is 0 Å². The van der Waals surface area contributed by atoms with Crippen molar-refractivity contribution in [2.24, 2.45) is 0 Å². The molecule has 1 saturated heterocycles. The maximum absolute atomic E-state index is 11.7. The van der Waals surface area contributed by atoms with Crippen LogP contribution in [-0.4, -0.2) is 45.2 Å². The standard InChI is InChI=1S/C13H10N2O4/c16-10-7-14-5-8-3-1-2-4-9(8)6-15(14)11(12(10)17)13(18)19/h1-6,11H,7H2,(H,18,19). The first-order chi connectivity index (χ1) is 9.08. The van der Waals surface area contributed by atoms with E-state index in [9.17, 15) is 14.4 Å². The monoisotopic (exact) mass is 258 g/mol. The van der Waals surface area contributed by atoms with Crippen molar-refractivity contribution in [3.8, 4) is 0 Å². The van der Waals surface area contributed by atoms with Crippen LogP contribution in [0, 0.1) is 0 Å². The normalized spacial score (nSPS) is 21.2. The number of hydrogen-bond acceptors (Lipinski definition) is 5. The molecular weight excluding hydrogens is 248 g/mol. The van der Waals surface area contributed by atoms with Crippen molar-refractivity contribution < 1.29 is 19.5 Å². The first-order valence-electron chi connectivity index (χ1n) is 5.71. The molecule has 0 radical (unpaired) electrons. The fourth-order valence-corrected chi connectivity index (χ4v) is 2.26. The van der Waals surface area contributed by atoms with Crippen LogP contribution in [0.4, 0.5) is 0 Å². The smallest absolute Gasteiger partial charge is 0.336 e. The highest BCUT2D eigenvalue weighted by Crippen LogP contribution is 2.16. The van der Waals surface area contributed by atoms with E-state index in [2.05, 4.69) is 0 Å². The van der Waals surface area contributed by atoms with Gasteiger partial charge < -0.3 is 5.11 Å². The van der Waals surface area contributed by atoms with E-state index in [0.29, 0.717) is 0 Å². The number of ketones is 2. The van der Waals surface area contributed by atoms with Crippen LogP contribution in [0.5, 0.6) is 0 Å². The number of fused-ring (bicyclic) bond motifs is 2. The second kappa shape index (κ2) is 3.94. The number of hydrazine groups is 1. The van der Waals surface area contributed by atoms with E-state index in [0.717, 1.165) is 10.4 Å². The van der Waals surface area contributed by atoms with Crippen LogP contribution in [0.15, 0.2) is 24.3 Å². The molecular formula is C13H10N2O4. The van der Waals surface area contributed by atoms with E-state index in [-0.39, 0.29) is 6.54 Å². The second-order valence-electron chi connectivity index (χ2n) is 4.39. The van der Waals surface area contributed by atoms with Crippen LogP contribution in [0.3, 0.4) is 0 Å². The van der Waals surface area contributed by atoms with Gasteiger partial charge in [0, 0.05) is 22.8 Å². The molecule has 1 N–H and O–H groups in total. The van der Waals surface area contributed by atoms with Crippen molar-refractivity contribution in [2.75, 3.05) is 6.54 Å². The number of benzene rings is 1.